The fourth-order valence-electron chi connectivity index (χ4n) is 1.93. The number of anilines is 1. The van der Waals surface area contributed by atoms with Crippen molar-refractivity contribution >= 4 is 46.5 Å². The van der Waals surface area contributed by atoms with E-state index in [0.717, 1.165) is 0 Å². The van der Waals surface area contributed by atoms with Gasteiger partial charge in [0.05, 0.1) is 10.5 Å². The average Bonchev–Trinajstić information content (AvgIpc) is 2.54. The summed E-state index contributed by atoms with van der Waals surface area (Å²) < 4.78 is 5.04. The van der Waals surface area contributed by atoms with E-state index in [1.807, 2.05) is 0 Å². The number of carbonyl (C=O) groups is 2. The lowest BCUT2D eigenvalue weighted by atomic mass is 10.2. The summed E-state index contributed by atoms with van der Waals surface area (Å²) in [5.74, 6) is -1.51. The molecule has 0 heterocycles. The van der Waals surface area contributed by atoms with Gasteiger partial charge in [-0.2, -0.15) is 0 Å². The van der Waals surface area contributed by atoms with Crippen LogP contribution in [0.1, 0.15) is 17.3 Å². The highest BCUT2D eigenvalue weighted by Crippen LogP contribution is 2.24. The van der Waals surface area contributed by atoms with Crippen molar-refractivity contribution in [3.63, 3.8) is 0 Å². The number of amides is 1. The molecule has 1 N–H and O–H groups in total. The van der Waals surface area contributed by atoms with E-state index in [9.17, 15) is 19.7 Å². The molecule has 9 heteroatoms. The van der Waals surface area contributed by atoms with Crippen LogP contribution in [0, 0.1) is 10.1 Å². The number of ether oxygens (including phenoxy) is 1. The first-order valence-corrected chi connectivity index (χ1v) is 7.75. The van der Waals surface area contributed by atoms with Gasteiger partial charge in [0.15, 0.2) is 6.10 Å². The Hall–Kier alpha value is -2.64. The third-order valence-electron chi connectivity index (χ3n) is 3.11. The topological polar surface area (TPSA) is 98.5 Å². The van der Waals surface area contributed by atoms with Crippen LogP contribution in [0.4, 0.5) is 11.4 Å². The zero-order valence-corrected chi connectivity index (χ0v) is 14.4. The number of halogens is 2. The van der Waals surface area contributed by atoms with E-state index in [1.165, 1.54) is 49.4 Å². The molecule has 0 aliphatic heterocycles. The highest BCUT2D eigenvalue weighted by atomic mass is 35.5. The number of hydrogen-bond acceptors (Lipinski definition) is 5. The minimum Gasteiger partial charge on any atom is -0.449 e. The van der Waals surface area contributed by atoms with Crippen LogP contribution in [0.5, 0.6) is 0 Å². The fraction of sp³-hybridized carbons (Fsp3) is 0.125. The molecule has 0 radical (unpaired) electrons. The average molecular weight is 383 g/mol. The summed E-state index contributed by atoms with van der Waals surface area (Å²) in [6, 6.07) is 9.78. The van der Waals surface area contributed by atoms with Crippen LogP contribution in [0.2, 0.25) is 10.0 Å². The van der Waals surface area contributed by atoms with E-state index >= 15 is 0 Å². The van der Waals surface area contributed by atoms with Crippen molar-refractivity contribution in [3.05, 3.63) is 68.2 Å². The molecule has 2 rings (SSSR count). The van der Waals surface area contributed by atoms with E-state index in [0.29, 0.717) is 0 Å². The number of nitro benzene ring substituents is 1. The Morgan fingerprint density at radius 1 is 1.16 bits per heavy atom. The smallest absolute Gasteiger partial charge is 0.339 e. The van der Waals surface area contributed by atoms with Crippen LogP contribution in [-0.2, 0) is 9.53 Å². The maximum atomic E-state index is 12.1. The van der Waals surface area contributed by atoms with Crippen LogP contribution in [-0.4, -0.2) is 22.9 Å². The number of hydrogen-bond donors (Lipinski definition) is 1. The summed E-state index contributed by atoms with van der Waals surface area (Å²) in [5.41, 5.74) is -0.176. The number of benzene rings is 2. The van der Waals surface area contributed by atoms with Gasteiger partial charge < -0.3 is 10.1 Å². The molecule has 0 fully saturated rings. The van der Waals surface area contributed by atoms with Crippen molar-refractivity contribution in [2.45, 2.75) is 13.0 Å². The van der Waals surface area contributed by atoms with Crippen LogP contribution in [0.3, 0.4) is 0 Å². The highest BCUT2D eigenvalue weighted by molar-refractivity contribution is 6.35. The summed E-state index contributed by atoms with van der Waals surface area (Å²) in [6.45, 7) is 1.34. The summed E-state index contributed by atoms with van der Waals surface area (Å²) >= 11 is 11.6. The van der Waals surface area contributed by atoms with Gasteiger partial charge in [0.1, 0.15) is 5.69 Å². The highest BCUT2D eigenvalue weighted by Gasteiger charge is 2.22. The van der Waals surface area contributed by atoms with Gasteiger partial charge in [0.25, 0.3) is 11.6 Å². The largest absolute Gasteiger partial charge is 0.449 e. The summed E-state index contributed by atoms with van der Waals surface area (Å²) in [6.07, 6.45) is -1.19. The molecule has 2 aromatic carbocycles. The van der Waals surface area contributed by atoms with E-state index < -0.39 is 22.9 Å². The van der Waals surface area contributed by atoms with Gasteiger partial charge in [-0.05, 0) is 31.2 Å². The normalized spacial score (nSPS) is 11.5. The number of nitro groups is 1. The van der Waals surface area contributed by atoms with Gasteiger partial charge in [-0.15, -0.1) is 0 Å². The summed E-state index contributed by atoms with van der Waals surface area (Å²) in [4.78, 5) is 34.5. The van der Waals surface area contributed by atoms with Crippen molar-refractivity contribution in [1.29, 1.82) is 0 Å². The molecule has 0 spiro atoms. The molecule has 0 aliphatic carbocycles. The lowest BCUT2D eigenvalue weighted by Crippen LogP contribution is -2.30. The third-order valence-corrected chi connectivity index (χ3v) is 3.55. The molecular formula is C16H12Cl2N2O5. The standard InChI is InChI=1S/C16H12Cl2N2O5/c1-9(25-16(22)10-6-11(17)8-12(18)7-10)15(21)19-13-4-2-3-5-14(13)20(23)24/h2-9H,1H3,(H,19,21)/t9-/m0/s1. The van der Waals surface area contributed by atoms with Gasteiger partial charge in [-0.3, -0.25) is 14.9 Å². The molecule has 25 heavy (non-hydrogen) atoms. The monoisotopic (exact) mass is 382 g/mol. The second kappa shape index (κ2) is 7.96. The molecule has 1 amide bonds. The predicted octanol–water partition coefficient (Wildman–Crippen LogP) is 4.09. The SMILES string of the molecule is C[C@H](OC(=O)c1cc(Cl)cc(Cl)c1)C(=O)Nc1ccccc1[N+](=O)[O-]. The number of esters is 1. The number of carbonyl (C=O) groups excluding carboxylic acids is 2. The molecule has 0 unspecified atom stereocenters. The Morgan fingerprint density at radius 3 is 2.36 bits per heavy atom. The molecule has 0 saturated heterocycles. The maximum absolute atomic E-state index is 12.1. The molecule has 2 aromatic rings. The number of nitrogens with zero attached hydrogens (tertiary/aromatic N) is 1. The first-order valence-electron chi connectivity index (χ1n) is 6.99. The fourth-order valence-corrected chi connectivity index (χ4v) is 2.45. The molecule has 7 nitrogen and oxygen atoms in total. The van der Waals surface area contributed by atoms with Gasteiger partial charge in [-0.1, -0.05) is 35.3 Å². The summed E-state index contributed by atoms with van der Waals surface area (Å²) in [7, 11) is 0. The second-order valence-corrected chi connectivity index (χ2v) is 5.84. The van der Waals surface area contributed by atoms with Crippen molar-refractivity contribution in [2.75, 3.05) is 5.32 Å². The van der Waals surface area contributed by atoms with Crippen LogP contribution in [0.25, 0.3) is 0 Å². The molecule has 0 aromatic heterocycles. The van der Waals surface area contributed by atoms with E-state index in [4.69, 9.17) is 27.9 Å². The van der Waals surface area contributed by atoms with E-state index in [-0.39, 0.29) is 27.0 Å². The Kier molecular flexibility index (Phi) is 5.95. The Bertz CT molecular complexity index is 821. The third kappa shape index (κ3) is 4.91. The van der Waals surface area contributed by atoms with Crippen LogP contribution < -0.4 is 5.32 Å². The van der Waals surface area contributed by atoms with E-state index in [2.05, 4.69) is 5.32 Å². The molecule has 130 valence electrons. The molecule has 1 atom stereocenters. The Morgan fingerprint density at radius 2 is 1.76 bits per heavy atom. The lowest BCUT2D eigenvalue weighted by molar-refractivity contribution is -0.383. The van der Waals surface area contributed by atoms with Crippen molar-refractivity contribution in [3.8, 4) is 0 Å². The molecular weight excluding hydrogens is 371 g/mol. The van der Waals surface area contributed by atoms with Crippen molar-refractivity contribution < 1.29 is 19.2 Å². The Labute approximate surface area is 152 Å². The molecule has 0 saturated carbocycles. The van der Waals surface area contributed by atoms with E-state index in [1.54, 1.807) is 0 Å². The molecule has 0 bridgehead atoms. The first kappa shape index (κ1) is 18.7. The van der Waals surface area contributed by atoms with Gasteiger partial charge in [0, 0.05) is 16.1 Å². The number of para-hydroxylation sites is 2. The maximum Gasteiger partial charge on any atom is 0.339 e. The van der Waals surface area contributed by atoms with Crippen molar-refractivity contribution in [2.24, 2.45) is 0 Å². The van der Waals surface area contributed by atoms with Gasteiger partial charge in [0.2, 0.25) is 0 Å². The number of nitrogens with one attached hydrogen (secondary N) is 1. The van der Waals surface area contributed by atoms with Gasteiger partial charge in [-0.25, -0.2) is 4.79 Å². The minimum atomic E-state index is -1.19. The predicted molar refractivity (Wildman–Crippen MR) is 93.1 cm³/mol. The van der Waals surface area contributed by atoms with Crippen LogP contribution in [0.15, 0.2) is 42.5 Å². The zero-order chi connectivity index (χ0) is 18.6. The number of rotatable bonds is 5. The quantitative estimate of drug-likeness (QED) is 0.477. The summed E-state index contributed by atoms with van der Waals surface area (Å²) in [5, 5.41) is 13.8. The van der Waals surface area contributed by atoms with Crippen LogP contribution >= 0.6 is 23.2 Å². The first-order chi connectivity index (χ1) is 11.8. The lowest BCUT2D eigenvalue weighted by Gasteiger charge is -2.14. The van der Waals surface area contributed by atoms with Gasteiger partial charge >= 0.3 is 5.97 Å². The van der Waals surface area contributed by atoms with Crippen molar-refractivity contribution in [1.82, 2.24) is 0 Å². The Balaban J connectivity index is 2.08. The second-order valence-electron chi connectivity index (χ2n) is 4.97. The minimum absolute atomic E-state index is 0.00574. The molecule has 0 aliphatic rings. The zero-order valence-electron chi connectivity index (χ0n) is 12.9.